The maximum absolute atomic E-state index is 13.0. The Hall–Kier alpha value is -0.890. The molecule has 1 aromatic carbocycles. The first-order valence-electron chi connectivity index (χ1n) is 4.07. The van der Waals surface area contributed by atoms with Crippen molar-refractivity contribution in [3.05, 3.63) is 27.1 Å². The number of phenolic OH excluding ortho intramolecular Hbond substituents is 1. The smallest absolute Gasteiger partial charge is 0.320 e. The summed E-state index contributed by atoms with van der Waals surface area (Å²) in [5.41, 5.74) is 5.75. The minimum absolute atomic E-state index is 0.0303. The molecule has 0 saturated heterocycles. The summed E-state index contributed by atoms with van der Waals surface area (Å²) in [6.07, 6.45) is 0.0303. The molecule has 0 saturated carbocycles. The summed E-state index contributed by atoms with van der Waals surface area (Å²) in [5, 5.41) is 17.7. The molecule has 1 atom stereocenters. The number of aromatic hydroxyl groups is 1. The van der Waals surface area contributed by atoms with Crippen LogP contribution in [0.3, 0.4) is 0 Å². The second-order valence-electron chi connectivity index (χ2n) is 3.06. The summed E-state index contributed by atoms with van der Waals surface area (Å²) >= 11 is 1.76. The number of carbonyl (C=O) groups is 1. The molecule has 15 heavy (non-hydrogen) atoms. The second-order valence-corrected chi connectivity index (χ2v) is 4.22. The molecule has 0 aromatic heterocycles. The third-order valence-electron chi connectivity index (χ3n) is 1.85. The highest BCUT2D eigenvalue weighted by Crippen LogP contribution is 2.24. The number of carboxylic acid groups (broad SMARTS) is 1. The van der Waals surface area contributed by atoms with E-state index in [0.717, 1.165) is 6.07 Å². The quantitative estimate of drug-likeness (QED) is 0.727. The molecule has 1 rings (SSSR count). The lowest BCUT2D eigenvalue weighted by atomic mass is 10.1. The Morgan fingerprint density at radius 2 is 2.20 bits per heavy atom. The van der Waals surface area contributed by atoms with Crippen molar-refractivity contribution >= 4 is 28.6 Å². The van der Waals surface area contributed by atoms with Gasteiger partial charge in [0.25, 0.3) is 0 Å². The molecule has 4 nitrogen and oxygen atoms in total. The molecular weight excluding hydrogens is 316 g/mol. The molecule has 0 fully saturated rings. The lowest BCUT2D eigenvalue weighted by Gasteiger charge is -2.08. The van der Waals surface area contributed by atoms with Gasteiger partial charge >= 0.3 is 5.97 Å². The average Bonchev–Trinajstić information content (AvgIpc) is 2.13. The van der Waals surface area contributed by atoms with Crippen molar-refractivity contribution in [1.29, 1.82) is 0 Å². The van der Waals surface area contributed by atoms with Crippen LogP contribution in [0, 0.1) is 9.39 Å². The third-order valence-corrected chi connectivity index (χ3v) is 2.67. The van der Waals surface area contributed by atoms with Crippen molar-refractivity contribution < 1.29 is 19.4 Å². The minimum Gasteiger partial charge on any atom is -0.504 e. The molecule has 0 aliphatic rings. The number of carboxylic acids is 1. The Bertz CT molecular complexity index is 374. The van der Waals surface area contributed by atoms with E-state index in [-0.39, 0.29) is 6.42 Å². The van der Waals surface area contributed by atoms with E-state index in [2.05, 4.69) is 0 Å². The van der Waals surface area contributed by atoms with Crippen LogP contribution >= 0.6 is 22.6 Å². The second kappa shape index (κ2) is 4.75. The molecule has 1 unspecified atom stereocenters. The lowest BCUT2D eigenvalue weighted by Crippen LogP contribution is -2.32. The molecule has 6 heteroatoms. The van der Waals surface area contributed by atoms with Crippen LogP contribution in [0.2, 0.25) is 0 Å². The number of halogens is 2. The Kier molecular flexibility index (Phi) is 3.86. The van der Waals surface area contributed by atoms with Gasteiger partial charge in [0.05, 0.1) is 3.57 Å². The van der Waals surface area contributed by atoms with Crippen molar-refractivity contribution in [3.8, 4) is 5.75 Å². The van der Waals surface area contributed by atoms with Gasteiger partial charge < -0.3 is 15.9 Å². The van der Waals surface area contributed by atoms with Crippen LogP contribution < -0.4 is 5.73 Å². The molecule has 0 spiro atoms. The summed E-state index contributed by atoms with van der Waals surface area (Å²) in [4.78, 5) is 10.5. The lowest BCUT2D eigenvalue weighted by molar-refractivity contribution is -0.138. The standard InChI is InChI=1S/C9H9FINO3/c10-5-1-4(2-6(11)8(5)13)3-7(12)9(14)15/h1-2,7,13H,3,12H2,(H,14,15). The zero-order valence-corrected chi connectivity index (χ0v) is 9.73. The van der Waals surface area contributed by atoms with E-state index >= 15 is 0 Å². The zero-order chi connectivity index (χ0) is 11.6. The number of hydrogen-bond donors (Lipinski definition) is 3. The third kappa shape index (κ3) is 3.03. The van der Waals surface area contributed by atoms with Crippen molar-refractivity contribution in [1.82, 2.24) is 0 Å². The molecule has 0 amide bonds. The van der Waals surface area contributed by atoms with Gasteiger partial charge in [0.15, 0.2) is 11.6 Å². The van der Waals surface area contributed by atoms with E-state index < -0.39 is 23.6 Å². The van der Waals surface area contributed by atoms with Crippen molar-refractivity contribution in [2.75, 3.05) is 0 Å². The molecule has 0 bridgehead atoms. The summed E-state index contributed by atoms with van der Waals surface area (Å²) in [5.74, 6) is -2.34. The van der Waals surface area contributed by atoms with Crippen LogP contribution in [-0.2, 0) is 11.2 Å². The topological polar surface area (TPSA) is 83.5 Å². The first kappa shape index (κ1) is 12.2. The normalized spacial score (nSPS) is 12.5. The van der Waals surface area contributed by atoms with Crippen LogP contribution in [0.5, 0.6) is 5.75 Å². The van der Waals surface area contributed by atoms with Crippen LogP contribution in [0.1, 0.15) is 5.56 Å². The fourth-order valence-corrected chi connectivity index (χ4v) is 1.73. The fraction of sp³-hybridized carbons (Fsp3) is 0.222. The maximum Gasteiger partial charge on any atom is 0.320 e. The predicted octanol–water partition coefficient (Wildman–Crippen LogP) is 1.09. The summed E-state index contributed by atoms with van der Waals surface area (Å²) in [6, 6.07) is 1.52. The first-order valence-corrected chi connectivity index (χ1v) is 5.15. The van der Waals surface area contributed by atoms with Gasteiger partial charge in [0.2, 0.25) is 0 Å². The molecule has 4 N–H and O–H groups in total. The number of nitrogens with two attached hydrogens (primary N) is 1. The molecule has 82 valence electrons. The molecule has 0 heterocycles. The minimum atomic E-state index is -1.14. The van der Waals surface area contributed by atoms with Gasteiger partial charge in [-0.2, -0.15) is 0 Å². The predicted molar refractivity (Wildman–Crippen MR) is 60.1 cm³/mol. The summed E-state index contributed by atoms with van der Waals surface area (Å²) < 4.78 is 13.4. The van der Waals surface area contributed by atoms with Crippen molar-refractivity contribution in [2.24, 2.45) is 5.73 Å². The van der Waals surface area contributed by atoms with E-state index in [1.54, 1.807) is 22.6 Å². The highest BCUT2D eigenvalue weighted by molar-refractivity contribution is 14.1. The number of rotatable bonds is 3. The summed E-state index contributed by atoms with van der Waals surface area (Å²) in [7, 11) is 0. The number of aliphatic carboxylic acids is 1. The van der Waals surface area contributed by atoms with Gasteiger partial charge in [-0.25, -0.2) is 4.39 Å². The monoisotopic (exact) mass is 325 g/mol. The first-order chi connectivity index (χ1) is 6.91. The van der Waals surface area contributed by atoms with E-state index in [9.17, 15) is 9.18 Å². The fourth-order valence-electron chi connectivity index (χ4n) is 1.08. The van der Waals surface area contributed by atoms with Gasteiger partial charge in [-0.3, -0.25) is 4.79 Å². The van der Waals surface area contributed by atoms with Crippen molar-refractivity contribution in [2.45, 2.75) is 12.5 Å². The number of phenols is 1. The number of benzene rings is 1. The molecule has 0 aliphatic heterocycles. The van der Waals surface area contributed by atoms with E-state index in [0.29, 0.717) is 9.13 Å². The molecule has 1 aromatic rings. The van der Waals surface area contributed by atoms with Crippen LogP contribution in [0.4, 0.5) is 4.39 Å². The van der Waals surface area contributed by atoms with E-state index in [1.807, 2.05) is 0 Å². The SMILES string of the molecule is NC(Cc1cc(F)c(O)c(I)c1)C(=O)O. The average molecular weight is 325 g/mol. The van der Waals surface area contributed by atoms with Gasteiger partial charge in [-0.1, -0.05) is 0 Å². The van der Waals surface area contributed by atoms with Gasteiger partial charge in [-0.15, -0.1) is 0 Å². The Balaban J connectivity index is 2.92. The highest BCUT2D eigenvalue weighted by atomic mass is 127. The highest BCUT2D eigenvalue weighted by Gasteiger charge is 2.14. The van der Waals surface area contributed by atoms with Gasteiger partial charge in [0, 0.05) is 0 Å². The van der Waals surface area contributed by atoms with Gasteiger partial charge in [0.1, 0.15) is 6.04 Å². The number of hydrogen-bond acceptors (Lipinski definition) is 3. The van der Waals surface area contributed by atoms with E-state index in [1.165, 1.54) is 6.07 Å². The van der Waals surface area contributed by atoms with Crippen LogP contribution in [0.25, 0.3) is 0 Å². The zero-order valence-electron chi connectivity index (χ0n) is 7.58. The van der Waals surface area contributed by atoms with E-state index in [4.69, 9.17) is 15.9 Å². The molecule has 0 aliphatic carbocycles. The largest absolute Gasteiger partial charge is 0.504 e. The summed E-state index contributed by atoms with van der Waals surface area (Å²) in [6.45, 7) is 0. The Morgan fingerprint density at radius 3 is 2.67 bits per heavy atom. The van der Waals surface area contributed by atoms with Crippen molar-refractivity contribution in [3.63, 3.8) is 0 Å². The molecular formula is C9H9FINO3. The Labute approximate surface area is 99.0 Å². The Morgan fingerprint density at radius 1 is 1.60 bits per heavy atom. The molecule has 0 radical (unpaired) electrons. The van der Waals surface area contributed by atoms with Crippen LogP contribution in [0.15, 0.2) is 12.1 Å². The maximum atomic E-state index is 13.0. The van der Waals surface area contributed by atoms with Gasteiger partial charge in [-0.05, 0) is 46.7 Å². The van der Waals surface area contributed by atoms with Crippen LogP contribution in [-0.4, -0.2) is 22.2 Å².